The van der Waals surface area contributed by atoms with E-state index in [1.54, 1.807) is 7.11 Å². The SMILES string of the molecule is COc1ccccc1C1CNCCN1S(=O)(=O)c1cc(Cl)cnc1N. The number of anilines is 1. The minimum atomic E-state index is -3.87. The van der Waals surface area contributed by atoms with Crippen LogP contribution in [0.1, 0.15) is 11.6 Å². The van der Waals surface area contributed by atoms with E-state index in [0.29, 0.717) is 25.4 Å². The smallest absolute Gasteiger partial charge is 0.247 e. The van der Waals surface area contributed by atoms with Gasteiger partial charge in [0.2, 0.25) is 10.0 Å². The van der Waals surface area contributed by atoms with Crippen LogP contribution in [0.2, 0.25) is 5.02 Å². The van der Waals surface area contributed by atoms with Crippen molar-refractivity contribution in [2.45, 2.75) is 10.9 Å². The predicted octanol–water partition coefficient (Wildman–Crippen LogP) is 1.66. The molecule has 0 amide bonds. The van der Waals surface area contributed by atoms with Gasteiger partial charge in [-0.15, -0.1) is 0 Å². The van der Waals surface area contributed by atoms with Crippen LogP contribution in [-0.2, 0) is 10.0 Å². The Hall–Kier alpha value is -1.87. The molecule has 25 heavy (non-hydrogen) atoms. The van der Waals surface area contributed by atoms with Crippen LogP contribution in [0.5, 0.6) is 5.75 Å². The van der Waals surface area contributed by atoms with E-state index in [0.717, 1.165) is 5.56 Å². The van der Waals surface area contributed by atoms with Gasteiger partial charge < -0.3 is 15.8 Å². The first-order valence-electron chi connectivity index (χ1n) is 7.71. The van der Waals surface area contributed by atoms with Crippen molar-refractivity contribution in [2.24, 2.45) is 0 Å². The summed E-state index contributed by atoms with van der Waals surface area (Å²) >= 11 is 5.93. The van der Waals surface area contributed by atoms with Gasteiger partial charge in [0.25, 0.3) is 0 Å². The zero-order chi connectivity index (χ0) is 18.0. The number of ether oxygens (including phenoxy) is 1. The van der Waals surface area contributed by atoms with Crippen molar-refractivity contribution in [3.8, 4) is 5.75 Å². The van der Waals surface area contributed by atoms with Gasteiger partial charge in [-0.3, -0.25) is 0 Å². The monoisotopic (exact) mass is 382 g/mol. The third-order valence-corrected chi connectivity index (χ3v) is 6.27. The van der Waals surface area contributed by atoms with Gasteiger partial charge in [0.15, 0.2) is 0 Å². The second kappa shape index (κ2) is 7.17. The molecule has 0 saturated carbocycles. The van der Waals surface area contributed by atoms with E-state index in [-0.39, 0.29) is 15.7 Å². The average molecular weight is 383 g/mol. The molecule has 1 saturated heterocycles. The number of para-hydroxylation sites is 1. The second-order valence-corrected chi connectivity index (χ2v) is 7.91. The standard InChI is InChI=1S/C16H19ClN4O3S/c1-24-14-5-3-2-4-12(14)13-10-19-6-7-21(13)25(22,23)15-8-11(17)9-20-16(15)18/h2-5,8-9,13,19H,6-7,10H2,1H3,(H2,18,20). The van der Waals surface area contributed by atoms with Gasteiger partial charge in [0.1, 0.15) is 16.5 Å². The van der Waals surface area contributed by atoms with Crippen LogP contribution in [0.25, 0.3) is 0 Å². The van der Waals surface area contributed by atoms with Crippen LogP contribution in [0.15, 0.2) is 41.4 Å². The Kier molecular flexibility index (Phi) is 5.14. The maximum Gasteiger partial charge on any atom is 0.247 e. The Bertz CT molecular complexity index is 875. The molecule has 1 aliphatic heterocycles. The van der Waals surface area contributed by atoms with Gasteiger partial charge in [-0.2, -0.15) is 4.31 Å². The van der Waals surface area contributed by atoms with E-state index in [1.165, 1.54) is 16.6 Å². The molecule has 1 aliphatic rings. The summed E-state index contributed by atoms with van der Waals surface area (Å²) in [4.78, 5) is 3.79. The molecule has 2 heterocycles. The third kappa shape index (κ3) is 3.43. The van der Waals surface area contributed by atoms with E-state index in [9.17, 15) is 8.42 Å². The van der Waals surface area contributed by atoms with Crippen molar-refractivity contribution in [3.05, 3.63) is 47.1 Å². The van der Waals surface area contributed by atoms with Gasteiger partial charge in [0, 0.05) is 31.4 Å². The topological polar surface area (TPSA) is 97.5 Å². The molecule has 0 aliphatic carbocycles. The average Bonchev–Trinajstić information content (AvgIpc) is 2.63. The highest BCUT2D eigenvalue weighted by atomic mass is 35.5. The zero-order valence-corrected chi connectivity index (χ0v) is 15.2. The Morgan fingerprint density at radius 1 is 1.40 bits per heavy atom. The molecule has 1 fully saturated rings. The number of sulfonamides is 1. The fourth-order valence-electron chi connectivity index (χ4n) is 2.94. The van der Waals surface area contributed by atoms with Crippen LogP contribution >= 0.6 is 11.6 Å². The first-order chi connectivity index (χ1) is 11.9. The number of nitrogens with one attached hydrogen (secondary N) is 1. The maximum absolute atomic E-state index is 13.2. The number of pyridine rings is 1. The highest BCUT2D eigenvalue weighted by Gasteiger charge is 2.37. The lowest BCUT2D eigenvalue weighted by atomic mass is 10.0. The van der Waals surface area contributed by atoms with E-state index >= 15 is 0 Å². The zero-order valence-electron chi connectivity index (χ0n) is 13.6. The molecular weight excluding hydrogens is 364 g/mol. The van der Waals surface area contributed by atoms with Crippen molar-refractivity contribution in [3.63, 3.8) is 0 Å². The minimum Gasteiger partial charge on any atom is -0.496 e. The molecule has 1 aromatic heterocycles. The normalized spacial score (nSPS) is 18.9. The Morgan fingerprint density at radius 2 is 2.16 bits per heavy atom. The van der Waals surface area contributed by atoms with Gasteiger partial charge in [-0.05, 0) is 12.1 Å². The fraction of sp³-hybridized carbons (Fsp3) is 0.312. The molecule has 3 N–H and O–H groups in total. The van der Waals surface area contributed by atoms with E-state index in [2.05, 4.69) is 10.3 Å². The van der Waals surface area contributed by atoms with E-state index in [4.69, 9.17) is 22.1 Å². The number of nitrogens with two attached hydrogens (primary N) is 1. The van der Waals surface area contributed by atoms with Crippen molar-refractivity contribution < 1.29 is 13.2 Å². The largest absolute Gasteiger partial charge is 0.496 e. The molecule has 1 aromatic carbocycles. The van der Waals surface area contributed by atoms with Crippen molar-refractivity contribution in [1.82, 2.24) is 14.6 Å². The number of nitrogens with zero attached hydrogens (tertiary/aromatic N) is 2. The lowest BCUT2D eigenvalue weighted by molar-refractivity contribution is 0.264. The van der Waals surface area contributed by atoms with Crippen molar-refractivity contribution >= 4 is 27.4 Å². The maximum atomic E-state index is 13.2. The first kappa shape index (κ1) is 17.9. The van der Waals surface area contributed by atoms with Gasteiger partial charge >= 0.3 is 0 Å². The Labute approximate surface area is 151 Å². The summed E-state index contributed by atoms with van der Waals surface area (Å²) in [6.07, 6.45) is 1.32. The summed E-state index contributed by atoms with van der Waals surface area (Å²) in [6, 6.07) is 8.28. The van der Waals surface area contributed by atoms with Gasteiger partial charge in [-0.1, -0.05) is 29.8 Å². The molecule has 2 aromatic rings. The van der Waals surface area contributed by atoms with Crippen molar-refractivity contribution in [2.75, 3.05) is 32.5 Å². The third-order valence-electron chi connectivity index (χ3n) is 4.13. The number of benzene rings is 1. The van der Waals surface area contributed by atoms with Crippen LogP contribution in [0.4, 0.5) is 5.82 Å². The van der Waals surface area contributed by atoms with Gasteiger partial charge in [0.05, 0.1) is 18.2 Å². The predicted molar refractivity (Wildman–Crippen MR) is 96.2 cm³/mol. The van der Waals surface area contributed by atoms with Crippen LogP contribution in [0.3, 0.4) is 0 Å². The van der Waals surface area contributed by atoms with E-state index < -0.39 is 16.1 Å². The highest BCUT2D eigenvalue weighted by molar-refractivity contribution is 7.89. The molecule has 9 heteroatoms. The molecular formula is C16H19ClN4O3S. The summed E-state index contributed by atoms with van der Waals surface area (Å²) in [7, 11) is -2.31. The number of halogens is 1. The first-order valence-corrected chi connectivity index (χ1v) is 9.53. The summed E-state index contributed by atoms with van der Waals surface area (Å²) in [5, 5.41) is 3.45. The molecule has 0 radical (unpaired) electrons. The number of methoxy groups -OCH3 is 1. The number of nitrogen functional groups attached to an aromatic ring is 1. The number of aromatic nitrogens is 1. The molecule has 0 bridgehead atoms. The van der Waals surface area contributed by atoms with Crippen LogP contribution in [-0.4, -0.2) is 44.5 Å². The van der Waals surface area contributed by atoms with Crippen LogP contribution < -0.4 is 15.8 Å². The van der Waals surface area contributed by atoms with Crippen molar-refractivity contribution in [1.29, 1.82) is 0 Å². The minimum absolute atomic E-state index is 0.0679. The number of hydrogen-bond acceptors (Lipinski definition) is 6. The van der Waals surface area contributed by atoms with Crippen LogP contribution in [0, 0.1) is 0 Å². The Balaban J connectivity index is 2.08. The molecule has 1 atom stereocenters. The van der Waals surface area contributed by atoms with Gasteiger partial charge in [-0.25, -0.2) is 13.4 Å². The number of rotatable bonds is 4. The summed E-state index contributed by atoms with van der Waals surface area (Å²) in [5.74, 6) is 0.565. The quantitative estimate of drug-likeness (QED) is 0.834. The lowest BCUT2D eigenvalue weighted by Crippen LogP contribution is -2.48. The molecule has 134 valence electrons. The Morgan fingerprint density at radius 3 is 2.92 bits per heavy atom. The molecule has 7 nitrogen and oxygen atoms in total. The molecule has 1 unspecified atom stereocenters. The molecule has 0 spiro atoms. The van der Waals surface area contributed by atoms with E-state index in [1.807, 2.05) is 24.3 Å². The summed E-state index contributed by atoms with van der Waals surface area (Å²) in [6.45, 7) is 1.31. The highest BCUT2D eigenvalue weighted by Crippen LogP contribution is 2.35. The second-order valence-electron chi connectivity index (χ2n) is 5.61. The molecule has 3 rings (SSSR count). The summed E-state index contributed by atoms with van der Waals surface area (Å²) in [5.41, 5.74) is 6.59. The number of piperazine rings is 1. The fourth-order valence-corrected chi connectivity index (χ4v) is 4.87. The number of hydrogen-bond donors (Lipinski definition) is 2. The lowest BCUT2D eigenvalue weighted by Gasteiger charge is -2.36. The summed E-state index contributed by atoms with van der Waals surface area (Å²) < 4.78 is 33.3.